The van der Waals surface area contributed by atoms with Crippen molar-refractivity contribution >= 4 is 10.0 Å². The number of rotatable bonds is 5. The second kappa shape index (κ2) is 6.07. The SMILES string of the molecule is Cc1ccc(S(=O)(=O)NC(C)(C)CC(C)(C)C)cc1CO. The minimum atomic E-state index is -3.60. The van der Waals surface area contributed by atoms with Gasteiger partial charge in [0.2, 0.25) is 10.0 Å². The van der Waals surface area contributed by atoms with Crippen molar-refractivity contribution < 1.29 is 13.5 Å². The van der Waals surface area contributed by atoms with Crippen LogP contribution in [0, 0.1) is 12.3 Å². The molecular formula is C16H27NO3S. The maximum atomic E-state index is 12.5. The summed E-state index contributed by atoms with van der Waals surface area (Å²) >= 11 is 0. The summed E-state index contributed by atoms with van der Waals surface area (Å²) in [6.07, 6.45) is 0.720. The third-order valence-electron chi connectivity index (χ3n) is 3.18. The third-order valence-corrected chi connectivity index (χ3v) is 4.88. The van der Waals surface area contributed by atoms with Gasteiger partial charge in [0.1, 0.15) is 0 Å². The Morgan fingerprint density at radius 1 is 1.14 bits per heavy atom. The number of nitrogens with one attached hydrogen (secondary N) is 1. The minimum Gasteiger partial charge on any atom is -0.392 e. The van der Waals surface area contributed by atoms with Crippen molar-refractivity contribution in [1.29, 1.82) is 0 Å². The molecule has 0 spiro atoms. The number of sulfonamides is 1. The van der Waals surface area contributed by atoms with Crippen molar-refractivity contribution in [3.05, 3.63) is 29.3 Å². The van der Waals surface area contributed by atoms with Crippen molar-refractivity contribution in [3.63, 3.8) is 0 Å². The van der Waals surface area contributed by atoms with E-state index in [9.17, 15) is 13.5 Å². The Morgan fingerprint density at radius 2 is 1.71 bits per heavy atom. The molecule has 1 aromatic carbocycles. The lowest BCUT2D eigenvalue weighted by molar-refractivity contribution is 0.269. The zero-order chi connectivity index (χ0) is 16.5. The molecule has 0 amide bonds. The molecular weight excluding hydrogens is 286 g/mol. The molecule has 0 aliphatic carbocycles. The zero-order valence-electron chi connectivity index (χ0n) is 13.8. The van der Waals surface area contributed by atoms with E-state index < -0.39 is 15.6 Å². The molecule has 120 valence electrons. The number of aliphatic hydroxyl groups is 1. The quantitative estimate of drug-likeness (QED) is 0.878. The lowest BCUT2D eigenvalue weighted by Crippen LogP contribution is -2.45. The minimum absolute atomic E-state index is 0.0234. The van der Waals surface area contributed by atoms with E-state index in [1.807, 2.05) is 20.8 Å². The summed E-state index contributed by atoms with van der Waals surface area (Å²) in [6, 6.07) is 4.83. The highest BCUT2D eigenvalue weighted by atomic mass is 32.2. The summed E-state index contributed by atoms with van der Waals surface area (Å²) in [5, 5.41) is 9.28. The highest BCUT2D eigenvalue weighted by molar-refractivity contribution is 7.89. The largest absolute Gasteiger partial charge is 0.392 e. The molecule has 1 aromatic rings. The molecule has 0 bridgehead atoms. The van der Waals surface area contributed by atoms with Gasteiger partial charge in [0.25, 0.3) is 0 Å². The summed E-state index contributed by atoms with van der Waals surface area (Å²) in [5.74, 6) is 0. The van der Waals surface area contributed by atoms with Gasteiger partial charge in [-0.15, -0.1) is 0 Å². The molecule has 1 rings (SSSR count). The maximum absolute atomic E-state index is 12.5. The second-order valence-electron chi connectivity index (χ2n) is 7.47. The smallest absolute Gasteiger partial charge is 0.241 e. The molecule has 0 heterocycles. The van der Waals surface area contributed by atoms with Crippen LogP contribution in [0.2, 0.25) is 0 Å². The average molecular weight is 313 g/mol. The molecule has 21 heavy (non-hydrogen) atoms. The van der Waals surface area contributed by atoms with Crippen LogP contribution in [0.1, 0.15) is 52.2 Å². The van der Waals surface area contributed by atoms with E-state index in [0.29, 0.717) is 5.56 Å². The lowest BCUT2D eigenvalue weighted by atomic mass is 9.82. The summed E-state index contributed by atoms with van der Waals surface area (Å²) in [7, 11) is -3.60. The molecule has 0 fully saturated rings. The molecule has 0 saturated carbocycles. The van der Waals surface area contributed by atoms with Gasteiger partial charge in [-0.25, -0.2) is 13.1 Å². The van der Waals surface area contributed by atoms with E-state index in [1.165, 1.54) is 6.07 Å². The number of aryl methyl sites for hydroxylation is 1. The Hall–Kier alpha value is -0.910. The van der Waals surface area contributed by atoms with Gasteiger partial charge in [0.15, 0.2) is 0 Å². The molecule has 0 atom stereocenters. The Bertz CT molecular complexity index is 598. The fourth-order valence-electron chi connectivity index (χ4n) is 2.77. The molecule has 5 heteroatoms. The number of aliphatic hydroxyl groups excluding tert-OH is 1. The normalized spacial score (nSPS) is 13.5. The molecule has 0 radical (unpaired) electrons. The summed E-state index contributed by atoms with van der Waals surface area (Å²) in [4.78, 5) is 0.194. The molecule has 4 nitrogen and oxygen atoms in total. The Labute approximate surface area is 128 Å². The van der Waals surface area contributed by atoms with Gasteiger partial charge < -0.3 is 5.11 Å². The molecule has 0 saturated heterocycles. The Balaban J connectivity index is 3.07. The molecule has 0 aromatic heterocycles. The molecule has 0 aliphatic heterocycles. The monoisotopic (exact) mass is 313 g/mol. The fraction of sp³-hybridized carbons (Fsp3) is 0.625. The van der Waals surface area contributed by atoms with E-state index in [4.69, 9.17) is 0 Å². The van der Waals surface area contributed by atoms with Crippen molar-refractivity contribution in [2.24, 2.45) is 5.41 Å². The standard InChI is InChI=1S/C16H27NO3S/c1-12-7-8-14(9-13(12)10-18)21(19,20)17-16(5,6)11-15(2,3)4/h7-9,17-18H,10-11H2,1-6H3. The van der Waals surface area contributed by atoms with Crippen LogP contribution in [0.25, 0.3) is 0 Å². The first-order chi connectivity index (χ1) is 9.36. The summed E-state index contributed by atoms with van der Waals surface area (Å²) in [6.45, 7) is 11.7. The van der Waals surface area contributed by atoms with Crippen LogP contribution < -0.4 is 4.72 Å². The summed E-state index contributed by atoms with van der Waals surface area (Å²) < 4.78 is 27.8. The highest BCUT2D eigenvalue weighted by Gasteiger charge is 2.30. The van der Waals surface area contributed by atoms with Crippen LogP contribution in [0.3, 0.4) is 0 Å². The van der Waals surface area contributed by atoms with E-state index in [-0.39, 0.29) is 16.9 Å². The topological polar surface area (TPSA) is 66.4 Å². The van der Waals surface area contributed by atoms with Gasteiger partial charge >= 0.3 is 0 Å². The van der Waals surface area contributed by atoms with Crippen LogP contribution in [0.4, 0.5) is 0 Å². The van der Waals surface area contributed by atoms with Crippen molar-refractivity contribution in [3.8, 4) is 0 Å². The van der Waals surface area contributed by atoms with Crippen molar-refractivity contribution in [2.45, 2.75) is 65.0 Å². The maximum Gasteiger partial charge on any atom is 0.241 e. The van der Waals surface area contributed by atoms with E-state index in [0.717, 1.165) is 12.0 Å². The van der Waals surface area contributed by atoms with Gasteiger partial charge in [-0.3, -0.25) is 0 Å². The first-order valence-electron chi connectivity index (χ1n) is 7.11. The van der Waals surface area contributed by atoms with Crippen molar-refractivity contribution in [2.75, 3.05) is 0 Å². The van der Waals surface area contributed by atoms with Crippen molar-refractivity contribution in [1.82, 2.24) is 4.72 Å². The number of benzene rings is 1. The first kappa shape index (κ1) is 18.1. The zero-order valence-corrected chi connectivity index (χ0v) is 14.6. The highest BCUT2D eigenvalue weighted by Crippen LogP contribution is 2.28. The Morgan fingerprint density at radius 3 is 2.19 bits per heavy atom. The molecule has 0 aliphatic rings. The van der Waals surface area contributed by atoms with Crippen LogP contribution in [0.5, 0.6) is 0 Å². The Kier molecular flexibility index (Phi) is 5.24. The van der Waals surface area contributed by atoms with Gasteiger partial charge in [-0.1, -0.05) is 26.8 Å². The first-order valence-corrected chi connectivity index (χ1v) is 8.59. The number of hydrogen-bond donors (Lipinski definition) is 2. The predicted octanol–water partition coefficient (Wildman–Crippen LogP) is 2.98. The van der Waals surface area contributed by atoms with Gasteiger partial charge in [-0.05, 0) is 55.9 Å². The van der Waals surface area contributed by atoms with E-state index in [2.05, 4.69) is 25.5 Å². The lowest BCUT2D eigenvalue weighted by Gasteiger charge is -2.33. The second-order valence-corrected chi connectivity index (χ2v) is 9.16. The van der Waals surface area contributed by atoms with E-state index in [1.54, 1.807) is 12.1 Å². The van der Waals surface area contributed by atoms with Gasteiger partial charge in [-0.2, -0.15) is 0 Å². The molecule has 0 unspecified atom stereocenters. The average Bonchev–Trinajstić information content (AvgIpc) is 2.24. The summed E-state index contributed by atoms with van der Waals surface area (Å²) in [5.41, 5.74) is 0.994. The fourth-order valence-corrected chi connectivity index (χ4v) is 4.23. The molecule has 2 N–H and O–H groups in total. The van der Waals surface area contributed by atoms with Crippen LogP contribution in [-0.4, -0.2) is 19.1 Å². The van der Waals surface area contributed by atoms with Crippen LogP contribution in [0.15, 0.2) is 23.1 Å². The van der Waals surface area contributed by atoms with Crippen LogP contribution in [-0.2, 0) is 16.6 Å². The third kappa shape index (κ3) is 5.41. The van der Waals surface area contributed by atoms with Gasteiger partial charge in [0, 0.05) is 5.54 Å². The van der Waals surface area contributed by atoms with E-state index >= 15 is 0 Å². The number of hydrogen-bond acceptors (Lipinski definition) is 3. The predicted molar refractivity (Wildman–Crippen MR) is 85.6 cm³/mol. The van der Waals surface area contributed by atoms with Crippen LogP contribution >= 0.6 is 0 Å². The van der Waals surface area contributed by atoms with Gasteiger partial charge in [0.05, 0.1) is 11.5 Å².